The molecule has 0 bridgehead atoms. The Morgan fingerprint density at radius 2 is 1.68 bits per heavy atom. The summed E-state index contributed by atoms with van der Waals surface area (Å²) in [5.74, 6) is 0.233. The average Bonchev–Trinajstić information content (AvgIpc) is 2.84. The van der Waals surface area contributed by atoms with Gasteiger partial charge in [0.2, 0.25) is 0 Å². The normalized spacial score (nSPS) is 11.1. The molecule has 0 saturated carbocycles. The van der Waals surface area contributed by atoms with Crippen molar-refractivity contribution < 1.29 is 5.11 Å². The molecule has 2 heterocycles. The SMILES string of the molecule is Cc1c(O)c(-c2ccccc2-c2ccccn2)nn1C(C)C. The zero-order valence-corrected chi connectivity index (χ0v) is 13.0. The van der Waals surface area contributed by atoms with Gasteiger partial charge in [0, 0.05) is 23.4 Å². The van der Waals surface area contributed by atoms with E-state index in [2.05, 4.69) is 10.1 Å². The molecule has 0 fully saturated rings. The molecule has 0 atom stereocenters. The number of aromatic hydroxyl groups is 1. The van der Waals surface area contributed by atoms with E-state index in [-0.39, 0.29) is 11.8 Å². The standard InChI is InChI=1S/C18H19N3O/c1-12(2)21-13(3)18(22)17(20-21)15-9-5-4-8-14(15)16-10-6-7-11-19-16/h4-12,22H,1-3H3. The molecule has 0 radical (unpaired) electrons. The van der Waals surface area contributed by atoms with Crippen LogP contribution in [0.4, 0.5) is 0 Å². The molecular formula is C18H19N3O. The molecule has 112 valence electrons. The first-order valence-corrected chi connectivity index (χ1v) is 7.38. The largest absolute Gasteiger partial charge is 0.504 e. The molecule has 0 aliphatic heterocycles. The zero-order valence-electron chi connectivity index (χ0n) is 13.0. The lowest BCUT2D eigenvalue weighted by Gasteiger charge is -2.08. The molecule has 0 aliphatic carbocycles. The van der Waals surface area contributed by atoms with E-state index < -0.39 is 0 Å². The third-order valence-corrected chi connectivity index (χ3v) is 3.73. The maximum Gasteiger partial charge on any atom is 0.164 e. The van der Waals surface area contributed by atoms with Gasteiger partial charge in [0.1, 0.15) is 5.69 Å². The highest BCUT2D eigenvalue weighted by atomic mass is 16.3. The van der Waals surface area contributed by atoms with Crippen LogP contribution in [0.15, 0.2) is 48.7 Å². The van der Waals surface area contributed by atoms with Crippen LogP contribution in [0.3, 0.4) is 0 Å². The first kappa shape index (κ1) is 14.3. The van der Waals surface area contributed by atoms with Crippen molar-refractivity contribution in [3.63, 3.8) is 0 Å². The highest BCUT2D eigenvalue weighted by Gasteiger charge is 2.19. The van der Waals surface area contributed by atoms with Gasteiger partial charge < -0.3 is 5.11 Å². The fourth-order valence-electron chi connectivity index (χ4n) is 2.63. The highest BCUT2D eigenvalue weighted by molar-refractivity contribution is 5.82. The molecule has 0 amide bonds. The summed E-state index contributed by atoms with van der Waals surface area (Å²) in [6.07, 6.45) is 1.77. The summed E-state index contributed by atoms with van der Waals surface area (Å²) in [5, 5.41) is 15.1. The van der Waals surface area contributed by atoms with Crippen molar-refractivity contribution in [3.05, 3.63) is 54.4 Å². The van der Waals surface area contributed by atoms with E-state index in [1.54, 1.807) is 6.20 Å². The first-order valence-electron chi connectivity index (χ1n) is 7.38. The van der Waals surface area contributed by atoms with Crippen LogP contribution < -0.4 is 0 Å². The number of pyridine rings is 1. The lowest BCUT2D eigenvalue weighted by atomic mass is 10.0. The maximum absolute atomic E-state index is 10.5. The number of aromatic nitrogens is 3. The molecule has 1 N–H and O–H groups in total. The van der Waals surface area contributed by atoms with E-state index in [1.165, 1.54) is 0 Å². The van der Waals surface area contributed by atoms with Gasteiger partial charge in [-0.1, -0.05) is 30.3 Å². The van der Waals surface area contributed by atoms with Crippen molar-refractivity contribution in [1.82, 2.24) is 14.8 Å². The Morgan fingerprint density at radius 1 is 1.00 bits per heavy atom. The van der Waals surface area contributed by atoms with Crippen molar-refractivity contribution in [1.29, 1.82) is 0 Å². The molecule has 3 rings (SSSR count). The van der Waals surface area contributed by atoms with E-state index in [4.69, 9.17) is 0 Å². The smallest absolute Gasteiger partial charge is 0.164 e. The van der Waals surface area contributed by atoms with Crippen molar-refractivity contribution in [3.8, 4) is 28.3 Å². The molecule has 1 aromatic carbocycles. The van der Waals surface area contributed by atoms with Crippen LogP contribution in [0, 0.1) is 6.92 Å². The van der Waals surface area contributed by atoms with Gasteiger partial charge in [0.25, 0.3) is 0 Å². The van der Waals surface area contributed by atoms with Gasteiger partial charge in [-0.05, 0) is 32.9 Å². The molecule has 3 aromatic rings. The fourth-order valence-corrected chi connectivity index (χ4v) is 2.63. The summed E-state index contributed by atoms with van der Waals surface area (Å²) in [6, 6.07) is 13.9. The van der Waals surface area contributed by atoms with Gasteiger partial charge in [-0.2, -0.15) is 5.10 Å². The van der Waals surface area contributed by atoms with E-state index in [9.17, 15) is 5.11 Å². The minimum absolute atomic E-state index is 0.196. The summed E-state index contributed by atoms with van der Waals surface area (Å²) in [6.45, 7) is 5.98. The predicted molar refractivity (Wildman–Crippen MR) is 87.7 cm³/mol. The molecule has 2 aromatic heterocycles. The lowest BCUT2D eigenvalue weighted by Crippen LogP contribution is -2.04. The van der Waals surface area contributed by atoms with Gasteiger partial charge in [0.15, 0.2) is 5.75 Å². The van der Waals surface area contributed by atoms with Crippen LogP contribution in [-0.2, 0) is 0 Å². The Morgan fingerprint density at radius 3 is 2.27 bits per heavy atom. The third-order valence-electron chi connectivity index (χ3n) is 3.73. The number of benzene rings is 1. The van der Waals surface area contributed by atoms with Crippen LogP contribution >= 0.6 is 0 Å². The van der Waals surface area contributed by atoms with Crippen LogP contribution in [0.1, 0.15) is 25.6 Å². The van der Waals surface area contributed by atoms with Crippen molar-refractivity contribution in [2.24, 2.45) is 0 Å². The van der Waals surface area contributed by atoms with E-state index in [0.717, 1.165) is 22.5 Å². The maximum atomic E-state index is 10.5. The highest BCUT2D eigenvalue weighted by Crippen LogP contribution is 2.37. The van der Waals surface area contributed by atoms with E-state index in [0.29, 0.717) is 5.69 Å². The lowest BCUT2D eigenvalue weighted by molar-refractivity contribution is 0.461. The van der Waals surface area contributed by atoms with Crippen LogP contribution in [-0.4, -0.2) is 19.9 Å². The summed E-state index contributed by atoms with van der Waals surface area (Å²) in [4.78, 5) is 4.41. The topological polar surface area (TPSA) is 50.9 Å². The van der Waals surface area contributed by atoms with Crippen molar-refractivity contribution in [2.45, 2.75) is 26.8 Å². The predicted octanol–water partition coefficient (Wildman–Crippen LogP) is 4.21. The quantitative estimate of drug-likeness (QED) is 0.787. The Kier molecular flexibility index (Phi) is 3.67. The van der Waals surface area contributed by atoms with Gasteiger partial charge in [0.05, 0.1) is 11.4 Å². The van der Waals surface area contributed by atoms with Crippen LogP contribution in [0.2, 0.25) is 0 Å². The molecule has 0 spiro atoms. The van der Waals surface area contributed by atoms with Gasteiger partial charge in [-0.3, -0.25) is 9.67 Å². The van der Waals surface area contributed by atoms with Gasteiger partial charge in [-0.25, -0.2) is 0 Å². The summed E-state index contributed by atoms with van der Waals surface area (Å²) < 4.78 is 1.85. The second kappa shape index (κ2) is 5.64. The number of nitrogens with zero attached hydrogens (tertiary/aromatic N) is 3. The second-order valence-corrected chi connectivity index (χ2v) is 5.58. The first-order chi connectivity index (χ1) is 10.6. The minimum atomic E-state index is 0.196. The number of hydrogen-bond donors (Lipinski definition) is 1. The van der Waals surface area contributed by atoms with Crippen molar-refractivity contribution in [2.75, 3.05) is 0 Å². The van der Waals surface area contributed by atoms with E-state index >= 15 is 0 Å². The Hall–Kier alpha value is -2.62. The van der Waals surface area contributed by atoms with Gasteiger partial charge in [-0.15, -0.1) is 0 Å². The molecule has 0 unspecified atom stereocenters. The molecule has 22 heavy (non-hydrogen) atoms. The summed E-state index contributed by atoms with van der Waals surface area (Å²) >= 11 is 0. The monoisotopic (exact) mass is 293 g/mol. The molecule has 0 saturated heterocycles. The van der Waals surface area contributed by atoms with E-state index in [1.807, 2.05) is 67.9 Å². The molecule has 4 heteroatoms. The van der Waals surface area contributed by atoms with Crippen molar-refractivity contribution >= 4 is 0 Å². The number of rotatable bonds is 3. The minimum Gasteiger partial charge on any atom is -0.504 e. The molecule has 0 aliphatic rings. The Balaban J connectivity index is 2.21. The van der Waals surface area contributed by atoms with Crippen LogP contribution in [0.25, 0.3) is 22.5 Å². The summed E-state index contributed by atoms with van der Waals surface area (Å²) in [7, 11) is 0. The Labute approximate surface area is 130 Å². The summed E-state index contributed by atoms with van der Waals surface area (Å²) in [5.41, 5.74) is 4.11. The Bertz CT molecular complexity index is 791. The zero-order chi connectivity index (χ0) is 15.7. The van der Waals surface area contributed by atoms with Crippen LogP contribution in [0.5, 0.6) is 5.75 Å². The molecular weight excluding hydrogens is 274 g/mol. The average molecular weight is 293 g/mol. The number of hydrogen-bond acceptors (Lipinski definition) is 3. The molecule has 4 nitrogen and oxygen atoms in total. The second-order valence-electron chi connectivity index (χ2n) is 5.58. The third kappa shape index (κ3) is 2.37. The van der Waals surface area contributed by atoms with Gasteiger partial charge >= 0.3 is 0 Å². The fraction of sp³-hybridized carbons (Fsp3) is 0.222.